The van der Waals surface area contributed by atoms with Gasteiger partial charge in [-0.05, 0) is 48.6 Å². The molecule has 1 aliphatic rings. The fourth-order valence-electron chi connectivity index (χ4n) is 3.07. The number of amides is 1. The molecule has 0 radical (unpaired) electrons. The van der Waals surface area contributed by atoms with Crippen molar-refractivity contribution in [1.29, 1.82) is 0 Å². The van der Waals surface area contributed by atoms with Crippen LogP contribution >= 0.6 is 0 Å². The minimum Gasteiger partial charge on any atom is -0.497 e. The average molecular weight is 325 g/mol. The molecule has 1 aliphatic carbocycles. The van der Waals surface area contributed by atoms with E-state index in [9.17, 15) is 4.79 Å². The molecule has 1 fully saturated rings. The van der Waals surface area contributed by atoms with E-state index in [4.69, 9.17) is 9.47 Å². The topological polar surface area (TPSA) is 47.6 Å². The highest BCUT2D eigenvalue weighted by atomic mass is 16.5. The van der Waals surface area contributed by atoms with Gasteiger partial charge in [-0.2, -0.15) is 0 Å². The highest BCUT2D eigenvalue weighted by Crippen LogP contribution is 2.48. The smallest absolute Gasteiger partial charge is 0.230 e. The SMILES string of the molecule is COc1ccc(C2(C(=O)NCCc3ccccc3OC)CC2)cc1. The molecule has 1 saturated carbocycles. The first-order chi connectivity index (χ1) is 11.7. The number of nitrogens with one attached hydrogen (secondary N) is 1. The molecule has 1 N–H and O–H groups in total. The first-order valence-corrected chi connectivity index (χ1v) is 8.24. The van der Waals surface area contributed by atoms with E-state index in [0.29, 0.717) is 6.54 Å². The number of methoxy groups -OCH3 is 2. The Hall–Kier alpha value is -2.49. The van der Waals surface area contributed by atoms with Crippen molar-refractivity contribution in [2.75, 3.05) is 20.8 Å². The lowest BCUT2D eigenvalue weighted by atomic mass is 9.95. The molecule has 0 spiro atoms. The van der Waals surface area contributed by atoms with E-state index in [2.05, 4.69) is 5.32 Å². The molecule has 0 aromatic heterocycles. The standard InChI is InChI=1S/C20H23NO3/c1-23-17-9-7-16(8-10-17)20(12-13-20)19(22)21-14-11-15-5-3-4-6-18(15)24-2/h3-10H,11-14H2,1-2H3,(H,21,22). The summed E-state index contributed by atoms with van der Waals surface area (Å²) in [6, 6.07) is 15.7. The zero-order chi connectivity index (χ0) is 17.0. The van der Waals surface area contributed by atoms with Gasteiger partial charge in [0.2, 0.25) is 5.91 Å². The van der Waals surface area contributed by atoms with Gasteiger partial charge in [-0.15, -0.1) is 0 Å². The van der Waals surface area contributed by atoms with Crippen molar-refractivity contribution < 1.29 is 14.3 Å². The molecule has 0 atom stereocenters. The summed E-state index contributed by atoms with van der Waals surface area (Å²) in [7, 11) is 3.31. The molecule has 0 aliphatic heterocycles. The zero-order valence-electron chi connectivity index (χ0n) is 14.2. The molecule has 4 heteroatoms. The molecule has 24 heavy (non-hydrogen) atoms. The highest BCUT2D eigenvalue weighted by molar-refractivity contribution is 5.91. The van der Waals surface area contributed by atoms with E-state index in [1.807, 2.05) is 48.5 Å². The van der Waals surface area contributed by atoms with Gasteiger partial charge < -0.3 is 14.8 Å². The van der Waals surface area contributed by atoms with Crippen LogP contribution in [0.5, 0.6) is 11.5 Å². The van der Waals surface area contributed by atoms with Gasteiger partial charge in [0.15, 0.2) is 0 Å². The third-order valence-corrected chi connectivity index (χ3v) is 4.70. The second-order valence-electron chi connectivity index (χ2n) is 6.13. The summed E-state index contributed by atoms with van der Waals surface area (Å²) in [4.78, 5) is 12.7. The number of hydrogen-bond donors (Lipinski definition) is 1. The number of hydrogen-bond acceptors (Lipinski definition) is 3. The largest absolute Gasteiger partial charge is 0.497 e. The van der Waals surface area contributed by atoms with E-state index in [0.717, 1.165) is 41.9 Å². The summed E-state index contributed by atoms with van der Waals surface area (Å²) >= 11 is 0. The van der Waals surface area contributed by atoms with E-state index in [1.54, 1.807) is 14.2 Å². The van der Waals surface area contributed by atoms with Crippen molar-refractivity contribution in [3.05, 3.63) is 59.7 Å². The molecule has 0 bridgehead atoms. The van der Waals surface area contributed by atoms with Gasteiger partial charge in [0.1, 0.15) is 11.5 Å². The Morgan fingerprint density at radius 2 is 1.75 bits per heavy atom. The summed E-state index contributed by atoms with van der Waals surface area (Å²) in [5, 5.41) is 3.09. The minimum atomic E-state index is -0.354. The molecule has 3 rings (SSSR count). The number of carbonyl (C=O) groups excluding carboxylic acids is 1. The molecular weight excluding hydrogens is 302 g/mol. The van der Waals surface area contributed by atoms with Gasteiger partial charge >= 0.3 is 0 Å². The predicted molar refractivity (Wildman–Crippen MR) is 93.6 cm³/mol. The summed E-state index contributed by atoms with van der Waals surface area (Å²) in [6.07, 6.45) is 2.56. The third kappa shape index (κ3) is 3.23. The van der Waals surface area contributed by atoms with Crippen LogP contribution in [0.1, 0.15) is 24.0 Å². The second kappa shape index (κ2) is 6.95. The van der Waals surface area contributed by atoms with E-state index in [-0.39, 0.29) is 11.3 Å². The van der Waals surface area contributed by atoms with E-state index >= 15 is 0 Å². The monoisotopic (exact) mass is 325 g/mol. The second-order valence-corrected chi connectivity index (χ2v) is 6.13. The minimum absolute atomic E-state index is 0.113. The van der Waals surface area contributed by atoms with Crippen LogP contribution in [0.4, 0.5) is 0 Å². The molecule has 1 amide bonds. The van der Waals surface area contributed by atoms with Gasteiger partial charge in [-0.3, -0.25) is 4.79 Å². The Bertz CT molecular complexity index is 705. The lowest BCUT2D eigenvalue weighted by Crippen LogP contribution is -2.35. The summed E-state index contributed by atoms with van der Waals surface area (Å²) in [6.45, 7) is 0.608. The highest BCUT2D eigenvalue weighted by Gasteiger charge is 2.50. The first-order valence-electron chi connectivity index (χ1n) is 8.24. The Balaban J connectivity index is 1.60. The molecule has 4 nitrogen and oxygen atoms in total. The van der Waals surface area contributed by atoms with Crippen molar-refractivity contribution >= 4 is 5.91 Å². The van der Waals surface area contributed by atoms with Gasteiger partial charge in [0, 0.05) is 6.54 Å². The lowest BCUT2D eigenvalue weighted by Gasteiger charge is -2.16. The maximum atomic E-state index is 12.7. The van der Waals surface area contributed by atoms with Crippen molar-refractivity contribution in [1.82, 2.24) is 5.32 Å². The number of ether oxygens (including phenoxy) is 2. The maximum absolute atomic E-state index is 12.7. The summed E-state index contributed by atoms with van der Waals surface area (Å²) in [5.41, 5.74) is 1.82. The van der Waals surface area contributed by atoms with Gasteiger partial charge in [0.25, 0.3) is 0 Å². The average Bonchev–Trinajstić information content (AvgIpc) is 3.44. The number of carbonyl (C=O) groups is 1. The van der Waals surface area contributed by atoms with Crippen molar-refractivity contribution in [2.24, 2.45) is 0 Å². The number of para-hydroxylation sites is 1. The van der Waals surface area contributed by atoms with Crippen LogP contribution < -0.4 is 14.8 Å². The number of benzene rings is 2. The first kappa shape index (κ1) is 16.4. The lowest BCUT2D eigenvalue weighted by molar-refractivity contribution is -0.123. The zero-order valence-corrected chi connectivity index (χ0v) is 14.2. The van der Waals surface area contributed by atoms with Crippen LogP contribution in [-0.4, -0.2) is 26.7 Å². The summed E-state index contributed by atoms with van der Waals surface area (Å²) < 4.78 is 10.5. The quantitative estimate of drug-likeness (QED) is 0.851. The normalized spacial score (nSPS) is 14.8. The van der Waals surface area contributed by atoms with Crippen molar-refractivity contribution in [2.45, 2.75) is 24.7 Å². The molecule has 0 saturated heterocycles. The summed E-state index contributed by atoms with van der Waals surface area (Å²) in [5.74, 6) is 1.79. The van der Waals surface area contributed by atoms with Crippen molar-refractivity contribution in [3.8, 4) is 11.5 Å². The van der Waals surface area contributed by atoms with E-state index < -0.39 is 0 Å². The fraction of sp³-hybridized carbons (Fsp3) is 0.350. The molecular formula is C20H23NO3. The van der Waals surface area contributed by atoms with Crippen LogP contribution in [0.15, 0.2) is 48.5 Å². The van der Waals surface area contributed by atoms with Crippen LogP contribution in [0.3, 0.4) is 0 Å². The van der Waals surface area contributed by atoms with E-state index in [1.165, 1.54) is 0 Å². The van der Waals surface area contributed by atoms with Gasteiger partial charge in [-0.1, -0.05) is 30.3 Å². The fourth-order valence-corrected chi connectivity index (χ4v) is 3.07. The van der Waals surface area contributed by atoms with Gasteiger partial charge in [0.05, 0.1) is 19.6 Å². The number of rotatable bonds is 7. The van der Waals surface area contributed by atoms with Gasteiger partial charge in [-0.25, -0.2) is 0 Å². The van der Waals surface area contributed by atoms with Crippen LogP contribution in [-0.2, 0) is 16.6 Å². The molecule has 126 valence electrons. The Labute approximate surface area is 142 Å². The van der Waals surface area contributed by atoms with Crippen LogP contribution in [0.2, 0.25) is 0 Å². The molecule has 0 unspecified atom stereocenters. The van der Waals surface area contributed by atoms with Crippen LogP contribution in [0.25, 0.3) is 0 Å². The molecule has 0 heterocycles. The van der Waals surface area contributed by atoms with Crippen molar-refractivity contribution in [3.63, 3.8) is 0 Å². The molecule has 2 aromatic carbocycles. The van der Waals surface area contributed by atoms with Crippen LogP contribution in [0, 0.1) is 0 Å². The third-order valence-electron chi connectivity index (χ3n) is 4.70. The Kier molecular flexibility index (Phi) is 4.74. The Morgan fingerprint density at radius 3 is 2.38 bits per heavy atom. The maximum Gasteiger partial charge on any atom is 0.230 e. The molecule has 2 aromatic rings. The Morgan fingerprint density at radius 1 is 1.04 bits per heavy atom. The predicted octanol–water partition coefficient (Wildman–Crippen LogP) is 3.09.